The summed E-state index contributed by atoms with van der Waals surface area (Å²) in [6.07, 6.45) is 6.77. The van der Waals surface area contributed by atoms with Crippen molar-refractivity contribution in [2.24, 2.45) is 17.3 Å². The fraction of sp³-hybridized carbons (Fsp3) is 1.00. The van der Waals surface area contributed by atoms with E-state index in [1.54, 1.807) is 0 Å². The minimum absolute atomic E-state index is 0.370. The molecule has 1 aliphatic carbocycles. The van der Waals surface area contributed by atoms with Gasteiger partial charge in [0.15, 0.2) is 0 Å². The Kier molecular flexibility index (Phi) is 5.67. The molecular formula is C16H32N2O. The summed E-state index contributed by atoms with van der Waals surface area (Å²) in [7, 11) is 0. The standard InChI is InChI=1S/C16H32N2O/c1-14(2)9-17-12-16(6-3-4-7-16)13-18-8-5-15(10-18)11-19/h14-15,17,19H,3-13H2,1-2H3. The second kappa shape index (κ2) is 7.05. The van der Waals surface area contributed by atoms with Crippen LogP contribution in [-0.4, -0.2) is 49.3 Å². The maximum Gasteiger partial charge on any atom is 0.0471 e. The van der Waals surface area contributed by atoms with E-state index in [1.165, 1.54) is 51.7 Å². The molecule has 0 aromatic heterocycles. The number of aliphatic hydroxyl groups excluding tert-OH is 1. The summed E-state index contributed by atoms with van der Waals surface area (Å²) in [5.41, 5.74) is 0.513. The lowest BCUT2D eigenvalue weighted by molar-refractivity contribution is 0.158. The molecule has 0 spiro atoms. The number of aliphatic hydroxyl groups is 1. The first-order valence-corrected chi connectivity index (χ1v) is 8.17. The summed E-state index contributed by atoms with van der Waals surface area (Å²) in [6.45, 7) is 10.8. The van der Waals surface area contributed by atoms with Crippen molar-refractivity contribution < 1.29 is 5.11 Å². The highest BCUT2D eigenvalue weighted by atomic mass is 16.3. The van der Waals surface area contributed by atoms with Gasteiger partial charge in [-0.05, 0) is 49.6 Å². The quantitative estimate of drug-likeness (QED) is 0.742. The van der Waals surface area contributed by atoms with Crippen molar-refractivity contribution in [2.45, 2.75) is 46.0 Å². The van der Waals surface area contributed by atoms with Crippen LogP contribution in [0.1, 0.15) is 46.0 Å². The third-order valence-electron chi connectivity index (χ3n) is 4.90. The summed E-state index contributed by atoms with van der Waals surface area (Å²) in [5.74, 6) is 1.27. The first-order chi connectivity index (χ1) is 9.13. The molecule has 1 unspecified atom stereocenters. The molecule has 1 saturated carbocycles. The zero-order chi connectivity index (χ0) is 13.7. The van der Waals surface area contributed by atoms with Gasteiger partial charge in [-0.15, -0.1) is 0 Å². The van der Waals surface area contributed by atoms with Gasteiger partial charge in [-0.1, -0.05) is 26.7 Å². The normalized spacial score (nSPS) is 27.5. The van der Waals surface area contributed by atoms with E-state index in [9.17, 15) is 5.11 Å². The fourth-order valence-corrected chi connectivity index (χ4v) is 3.82. The summed E-state index contributed by atoms with van der Waals surface area (Å²) in [6, 6.07) is 0. The van der Waals surface area contributed by atoms with Crippen LogP contribution >= 0.6 is 0 Å². The Hall–Kier alpha value is -0.120. The molecule has 1 heterocycles. The molecule has 2 rings (SSSR count). The lowest BCUT2D eigenvalue weighted by Crippen LogP contribution is -2.42. The number of rotatable bonds is 7. The van der Waals surface area contributed by atoms with E-state index in [4.69, 9.17) is 0 Å². The lowest BCUT2D eigenvalue weighted by Gasteiger charge is -2.34. The van der Waals surface area contributed by atoms with Crippen molar-refractivity contribution in [1.29, 1.82) is 0 Å². The van der Waals surface area contributed by atoms with Crippen LogP contribution in [0.25, 0.3) is 0 Å². The number of likely N-dealkylation sites (tertiary alicyclic amines) is 1. The van der Waals surface area contributed by atoms with Crippen LogP contribution in [0.15, 0.2) is 0 Å². The molecule has 19 heavy (non-hydrogen) atoms. The second-order valence-electron chi connectivity index (χ2n) is 7.30. The van der Waals surface area contributed by atoms with Gasteiger partial charge in [0, 0.05) is 26.2 Å². The van der Waals surface area contributed by atoms with Crippen molar-refractivity contribution in [3.05, 3.63) is 0 Å². The Labute approximate surface area is 118 Å². The molecule has 0 aromatic rings. The number of hydrogen-bond acceptors (Lipinski definition) is 3. The third kappa shape index (κ3) is 4.44. The van der Waals surface area contributed by atoms with E-state index in [0.717, 1.165) is 19.0 Å². The number of hydrogen-bond donors (Lipinski definition) is 2. The first kappa shape index (κ1) is 15.3. The van der Waals surface area contributed by atoms with Crippen LogP contribution in [0.4, 0.5) is 0 Å². The lowest BCUT2D eigenvalue weighted by atomic mass is 9.85. The molecule has 112 valence electrons. The monoisotopic (exact) mass is 268 g/mol. The predicted molar refractivity (Wildman–Crippen MR) is 80.2 cm³/mol. The van der Waals surface area contributed by atoms with Crippen molar-refractivity contribution in [3.8, 4) is 0 Å². The molecule has 1 aliphatic heterocycles. The van der Waals surface area contributed by atoms with Crippen LogP contribution < -0.4 is 5.32 Å². The highest BCUT2D eigenvalue weighted by molar-refractivity contribution is 4.91. The average Bonchev–Trinajstić information content (AvgIpc) is 2.99. The fourth-order valence-electron chi connectivity index (χ4n) is 3.82. The third-order valence-corrected chi connectivity index (χ3v) is 4.90. The van der Waals surface area contributed by atoms with Crippen LogP contribution in [0.3, 0.4) is 0 Å². The molecule has 2 fully saturated rings. The maximum absolute atomic E-state index is 9.27. The van der Waals surface area contributed by atoms with Gasteiger partial charge in [-0.25, -0.2) is 0 Å². The number of nitrogens with zero attached hydrogens (tertiary/aromatic N) is 1. The zero-order valence-corrected chi connectivity index (χ0v) is 12.8. The minimum atomic E-state index is 0.370. The van der Waals surface area contributed by atoms with E-state index in [2.05, 4.69) is 24.1 Å². The Morgan fingerprint density at radius 1 is 1.32 bits per heavy atom. The Morgan fingerprint density at radius 3 is 2.63 bits per heavy atom. The second-order valence-corrected chi connectivity index (χ2v) is 7.30. The van der Waals surface area contributed by atoms with Gasteiger partial charge in [0.25, 0.3) is 0 Å². The molecule has 0 aromatic carbocycles. The van der Waals surface area contributed by atoms with Crippen molar-refractivity contribution in [2.75, 3.05) is 39.3 Å². The molecule has 0 bridgehead atoms. The van der Waals surface area contributed by atoms with Gasteiger partial charge in [-0.2, -0.15) is 0 Å². The molecular weight excluding hydrogens is 236 g/mol. The van der Waals surface area contributed by atoms with E-state index >= 15 is 0 Å². The molecule has 0 amide bonds. The average molecular weight is 268 g/mol. The van der Waals surface area contributed by atoms with Gasteiger partial charge in [0.1, 0.15) is 0 Å². The van der Waals surface area contributed by atoms with Crippen molar-refractivity contribution >= 4 is 0 Å². The first-order valence-electron chi connectivity index (χ1n) is 8.17. The van der Waals surface area contributed by atoms with Crippen LogP contribution in [0.2, 0.25) is 0 Å². The SMILES string of the molecule is CC(C)CNCC1(CN2CCC(CO)C2)CCCC1. The molecule has 1 atom stereocenters. The molecule has 0 radical (unpaired) electrons. The predicted octanol–water partition coefficient (Wildman–Crippen LogP) is 2.11. The van der Waals surface area contributed by atoms with Crippen molar-refractivity contribution in [1.82, 2.24) is 10.2 Å². The largest absolute Gasteiger partial charge is 0.396 e. The Bertz CT molecular complexity index is 261. The number of nitrogens with one attached hydrogen (secondary N) is 1. The minimum Gasteiger partial charge on any atom is -0.396 e. The molecule has 2 aliphatic rings. The zero-order valence-electron chi connectivity index (χ0n) is 12.8. The van der Waals surface area contributed by atoms with Crippen LogP contribution in [0.5, 0.6) is 0 Å². The van der Waals surface area contributed by atoms with Gasteiger partial charge in [-0.3, -0.25) is 0 Å². The maximum atomic E-state index is 9.27. The highest BCUT2D eigenvalue weighted by Gasteiger charge is 2.36. The smallest absolute Gasteiger partial charge is 0.0471 e. The van der Waals surface area contributed by atoms with E-state index < -0.39 is 0 Å². The summed E-state index contributed by atoms with van der Waals surface area (Å²) >= 11 is 0. The summed E-state index contributed by atoms with van der Waals surface area (Å²) in [5, 5.41) is 13.0. The highest BCUT2D eigenvalue weighted by Crippen LogP contribution is 2.39. The summed E-state index contributed by atoms with van der Waals surface area (Å²) in [4.78, 5) is 2.60. The van der Waals surface area contributed by atoms with Gasteiger partial charge >= 0.3 is 0 Å². The topological polar surface area (TPSA) is 35.5 Å². The van der Waals surface area contributed by atoms with Gasteiger partial charge in [0.2, 0.25) is 0 Å². The van der Waals surface area contributed by atoms with E-state index in [1.807, 2.05) is 0 Å². The Balaban J connectivity index is 1.81. The van der Waals surface area contributed by atoms with E-state index in [0.29, 0.717) is 17.9 Å². The van der Waals surface area contributed by atoms with Gasteiger partial charge in [0.05, 0.1) is 0 Å². The molecule has 2 N–H and O–H groups in total. The Morgan fingerprint density at radius 2 is 2.05 bits per heavy atom. The van der Waals surface area contributed by atoms with Crippen molar-refractivity contribution in [3.63, 3.8) is 0 Å². The van der Waals surface area contributed by atoms with E-state index in [-0.39, 0.29) is 0 Å². The molecule has 3 nitrogen and oxygen atoms in total. The van der Waals surface area contributed by atoms with Gasteiger partial charge < -0.3 is 15.3 Å². The van der Waals surface area contributed by atoms with Crippen LogP contribution in [-0.2, 0) is 0 Å². The van der Waals surface area contributed by atoms with Crippen LogP contribution in [0, 0.1) is 17.3 Å². The molecule has 1 saturated heterocycles. The molecule has 3 heteroatoms. The summed E-state index contributed by atoms with van der Waals surface area (Å²) < 4.78 is 0.